The van der Waals surface area contributed by atoms with Gasteiger partial charge in [0.2, 0.25) is 0 Å². The summed E-state index contributed by atoms with van der Waals surface area (Å²) in [5, 5.41) is 1.51. The first kappa shape index (κ1) is 10.6. The van der Waals surface area contributed by atoms with Gasteiger partial charge in [0.1, 0.15) is 0 Å². The molecule has 0 aliphatic heterocycles. The molecule has 0 spiro atoms. The van der Waals surface area contributed by atoms with Crippen molar-refractivity contribution in [1.82, 2.24) is 0 Å². The van der Waals surface area contributed by atoms with Gasteiger partial charge in [-0.3, -0.25) is 4.79 Å². The van der Waals surface area contributed by atoms with Crippen LogP contribution in [0.1, 0.15) is 18.1 Å². The molecule has 0 bridgehead atoms. The average Bonchev–Trinajstić information content (AvgIpc) is 2.01. The number of anilines is 1. The van der Waals surface area contributed by atoms with Gasteiger partial charge < -0.3 is 4.84 Å². The van der Waals surface area contributed by atoms with E-state index in [0.717, 1.165) is 16.8 Å². The van der Waals surface area contributed by atoms with E-state index in [1.54, 1.807) is 7.05 Å². The number of carbonyl (C=O) groups is 1. The third-order valence-corrected chi connectivity index (χ3v) is 2.02. The molecule has 0 radical (unpaired) electrons. The summed E-state index contributed by atoms with van der Waals surface area (Å²) in [6.07, 6.45) is 0. The predicted molar refractivity (Wildman–Crippen MR) is 56.1 cm³/mol. The number of aryl methyl sites for hydroxylation is 2. The third-order valence-electron chi connectivity index (χ3n) is 2.02. The van der Waals surface area contributed by atoms with Crippen LogP contribution in [0.3, 0.4) is 0 Å². The Kier molecular flexibility index (Phi) is 3.12. The summed E-state index contributed by atoms with van der Waals surface area (Å²) in [4.78, 5) is 15.8. The smallest absolute Gasteiger partial charge is 0.329 e. The van der Waals surface area contributed by atoms with Crippen molar-refractivity contribution in [3.8, 4) is 0 Å². The highest BCUT2D eigenvalue weighted by atomic mass is 16.7. The number of carbonyl (C=O) groups excluding carboxylic acids is 1. The molecule has 76 valence electrons. The maximum atomic E-state index is 10.8. The molecule has 3 nitrogen and oxygen atoms in total. The Hall–Kier alpha value is -1.51. The van der Waals surface area contributed by atoms with Crippen molar-refractivity contribution in [1.29, 1.82) is 0 Å². The molecular weight excluding hydrogens is 178 g/mol. The van der Waals surface area contributed by atoms with Crippen LogP contribution in [0.2, 0.25) is 0 Å². The van der Waals surface area contributed by atoms with Gasteiger partial charge in [-0.25, -0.2) is 5.06 Å². The minimum absolute atomic E-state index is 0.310. The van der Waals surface area contributed by atoms with Crippen molar-refractivity contribution in [2.75, 3.05) is 12.1 Å². The van der Waals surface area contributed by atoms with E-state index in [2.05, 4.69) is 0 Å². The van der Waals surface area contributed by atoms with Crippen LogP contribution < -0.4 is 5.06 Å². The van der Waals surface area contributed by atoms with Gasteiger partial charge in [0.15, 0.2) is 0 Å². The number of hydrogen-bond donors (Lipinski definition) is 0. The second-order valence-electron chi connectivity index (χ2n) is 3.32. The highest BCUT2D eigenvalue weighted by Gasteiger charge is 2.09. The lowest BCUT2D eigenvalue weighted by molar-refractivity contribution is -0.141. The summed E-state index contributed by atoms with van der Waals surface area (Å²) in [6.45, 7) is 5.37. The fourth-order valence-corrected chi connectivity index (χ4v) is 1.54. The SMILES string of the molecule is CC(=O)ON(C)c1c(C)cccc1C. The first-order valence-electron chi connectivity index (χ1n) is 4.51. The molecule has 1 rings (SSSR count). The first-order valence-corrected chi connectivity index (χ1v) is 4.51. The van der Waals surface area contributed by atoms with Crippen LogP contribution in [0.25, 0.3) is 0 Å². The number of nitrogens with zero attached hydrogens (tertiary/aromatic N) is 1. The Morgan fingerprint density at radius 3 is 2.21 bits per heavy atom. The van der Waals surface area contributed by atoms with Crippen LogP contribution in [0.4, 0.5) is 5.69 Å². The molecule has 0 aliphatic rings. The Balaban J connectivity index is 2.99. The zero-order chi connectivity index (χ0) is 10.7. The lowest BCUT2D eigenvalue weighted by Gasteiger charge is -2.21. The normalized spacial score (nSPS) is 9.71. The van der Waals surface area contributed by atoms with Gasteiger partial charge in [0.25, 0.3) is 0 Å². The van der Waals surface area contributed by atoms with Gasteiger partial charge >= 0.3 is 5.97 Å². The minimum Gasteiger partial charge on any atom is -0.341 e. The van der Waals surface area contributed by atoms with E-state index in [-0.39, 0.29) is 5.97 Å². The molecule has 0 atom stereocenters. The molecular formula is C11H15NO2. The number of para-hydroxylation sites is 1. The second-order valence-corrected chi connectivity index (χ2v) is 3.32. The van der Waals surface area contributed by atoms with Crippen molar-refractivity contribution in [2.24, 2.45) is 0 Å². The maximum absolute atomic E-state index is 10.8. The van der Waals surface area contributed by atoms with Crippen molar-refractivity contribution >= 4 is 11.7 Å². The summed E-state index contributed by atoms with van der Waals surface area (Å²) in [5.74, 6) is -0.310. The summed E-state index contributed by atoms with van der Waals surface area (Å²) >= 11 is 0. The molecule has 0 saturated heterocycles. The lowest BCUT2D eigenvalue weighted by atomic mass is 10.1. The van der Waals surface area contributed by atoms with Gasteiger partial charge in [0.05, 0.1) is 5.69 Å². The average molecular weight is 193 g/mol. The molecule has 0 heterocycles. The Labute approximate surface area is 84.2 Å². The van der Waals surface area contributed by atoms with E-state index < -0.39 is 0 Å². The van der Waals surface area contributed by atoms with Crippen LogP contribution in [-0.2, 0) is 9.63 Å². The van der Waals surface area contributed by atoms with Gasteiger partial charge in [-0.1, -0.05) is 18.2 Å². The van der Waals surface area contributed by atoms with E-state index >= 15 is 0 Å². The summed E-state index contributed by atoms with van der Waals surface area (Å²) in [7, 11) is 1.73. The third kappa shape index (κ3) is 2.25. The number of benzene rings is 1. The van der Waals surface area contributed by atoms with E-state index in [1.165, 1.54) is 12.0 Å². The number of hydroxylamine groups is 1. The van der Waals surface area contributed by atoms with Crippen molar-refractivity contribution < 1.29 is 9.63 Å². The van der Waals surface area contributed by atoms with Gasteiger partial charge in [-0.2, -0.15) is 0 Å². The van der Waals surface area contributed by atoms with Gasteiger partial charge in [-0.15, -0.1) is 0 Å². The van der Waals surface area contributed by atoms with E-state index in [4.69, 9.17) is 4.84 Å². The first-order chi connectivity index (χ1) is 6.52. The van der Waals surface area contributed by atoms with E-state index in [9.17, 15) is 4.79 Å². The van der Waals surface area contributed by atoms with Crippen molar-refractivity contribution in [3.63, 3.8) is 0 Å². The fraction of sp³-hybridized carbons (Fsp3) is 0.364. The Bertz CT molecular complexity index is 327. The molecule has 0 amide bonds. The number of hydrogen-bond acceptors (Lipinski definition) is 3. The zero-order valence-electron chi connectivity index (χ0n) is 9.00. The summed E-state index contributed by atoms with van der Waals surface area (Å²) in [5.41, 5.74) is 3.13. The lowest BCUT2D eigenvalue weighted by Crippen LogP contribution is -2.22. The monoisotopic (exact) mass is 193 g/mol. The minimum atomic E-state index is -0.310. The Morgan fingerprint density at radius 2 is 1.79 bits per heavy atom. The van der Waals surface area contributed by atoms with Crippen LogP contribution >= 0.6 is 0 Å². The van der Waals surface area contributed by atoms with Crippen molar-refractivity contribution in [3.05, 3.63) is 29.3 Å². The van der Waals surface area contributed by atoms with E-state index in [0.29, 0.717) is 0 Å². The predicted octanol–water partition coefficient (Wildman–Crippen LogP) is 2.22. The molecule has 0 aromatic heterocycles. The molecule has 0 fully saturated rings. The summed E-state index contributed by atoms with van der Waals surface area (Å²) in [6, 6.07) is 5.96. The summed E-state index contributed by atoms with van der Waals surface area (Å²) < 4.78 is 0. The fourth-order valence-electron chi connectivity index (χ4n) is 1.54. The standard InChI is InChI=1S/C11H15NO2/c1-8-6-5-7-9(2)11(8)12(4)14-10(3)13/h5-7H,1-4H3. The molecule has 0 N–H and O–H groups in total. The maximum Gasteiger partial charge on any atom is 0.329 e. The molecule has 3 heteroatoms. The van der Waals surface area contributed by atoms with Crippen LogP contribution in [0.15, 0.2) is 18.2 Å². The largest absolute Gasteiger partial charge is 0.341 e. The van der Waals surface area contributed by atoms with Crippen molar-refractivity contribution in [2.45, 2.75) is 20.8 Å². The second kappa shape index (κ2) is 4.13. The van der Waals surface area contributed by atoms with Crippen LogP contribution in [0, 0.1) is 13.8 Å². The molecule has 1 aromatic carbocycles. The van der Waals surface area contributed by atoms with Crippen LogP contribution in [-0.4, -0.2) is 13.0 Å². The quantitative estimate of drug-likeness (QED) is 0.674. The molecule has 0 aliphatic carbocycles. The zero-order valence-corrected chi connectivity index (χ0v) is 9.00. The topological polar surface area (TPSA) is 29.5 Å². The highest BCUT2D eigenvalue weighted by Crippen LogP contribution is 2.23. The number of rotatable bonds is 2. The molecule has 1 aromatic rings. The van der Waals surface area contributed by atoms with Gasteiger partial charge in [0, 0.05) is 14.0 Å². The highest BCUT2D eigenvalue weighted by molar-refractivity contribution is 5.68. The van der Waals surface area contributed by atoms with Crippen LogP contribution in [0.5, 0.6) is 0 Å². The van der Waals surface area contributed by atoms with E-state index in [1.807, 2.05) is 32.0 Å². The molecule has 0 unspecified atom stereocenters. The Morgan fingerprint density at radius 1 is 1.29 bits per heavy atom. The van der Waals surface area contributed by atoms with Gasteiger partial charge in [-0.05, 0) is 25.0 Å². The molecule has 0 saturated carbocycles. The molecule has 14 heavy (non-hydrogen) atoms.